The van der Waals surface area contributed by atoms with Crippen LogP contribution in [0.5, 0.6) is 5.75 Å². The first kappa shape index (κ1) is 19.0. The number of carbonyl (C=O) groups is 1. The van der Waals surface area contributed by atoms with Crippen LogP contribution in [0.3, 0.4) is 0 Å². The smallest absolute Gasteiger partial charge is 0.269 e. The van der Waals surface area contributed by atoms with Crippen molar-refractivity contribution in [1.29, 1.82) is 0 Å². The van der Waals surface area contributed by atoms with Crippen LogP contribution >= 0.6 is 0 Å². The standard InChI is InChI=1S/C22H20N2O4S/c1-23(17-10-4-2-5-11-17)22(25)21-16-24(19-14-8-9-15-20(19)28-21)29(26,27)18-12-6-3-7-13-18/h2-15,21H,16H2,1H3/t21-/m1/s1. The molecule has 1 atom stereocenters. The highest BCUT2D eigenvalue weighted by atomic mass is 32.2. The Balaban J connectivity index is 1.71. The largest absolute Gasteiger partial charge is 0.476 e. The summed E-state index contributed by atoms with van der Waals surface area (Å²) in [6, 6.07) is 24.2. The summed E-state index contributed by atoms with van der Waals surface area (Å²) < 4.78 is 33.8. The zero-order valence-electron chi connectivity index (χ0n) is 15.8. The van der Waals surface area contributed by atoms with E-state index in [0.717, 1.165) is 0 Å². The second-order valence-corrected chi connectivity index (χ2v) is 8.52. The summed E-state index contributed by atoms with van der Waals surface area (Å²) >= 11 is 0. The van der Waals surface area contributed by atoms with Gasteiger partial charge in [-0.25, -0.2) is 8.42 Å². The fraction of sp³-hybridized carbons (Fsp3) is 0.136. The molecule has 6 nitrogen and oxygen atoms in total. The highest BCUT2D eigenvalue weighted by Gasteiger charge is 2.38. The Bertz CT molecular complexity index is 1120. The van der Waals surface area contributed by atoms with Gasteiger partial charge in [0, 0.05) is 12.7 Å². The van der Waals surface area contributed by atoms with E-state index >= 15 is 0 Å². The van der Waals surface area contributed by atoms with E-state index in [1.807, 2.05) is 30.3 Å². The molecule has 148 valence electrons. The molecule has 0 unspecified atom stereocenters. The molecule has 0 radical (unpaired) electrons. The minimum absolute atomic E-state index is 0.107. The molecule has 3 aromatic carbocycles. The molecule has 1 aliphatic heterocycles. The molecular formula is C22H20N2O4S. The Morgan fingerprint density at radius 1 is 0.931 bits per heavy atom. The van der Waals surface area contributed by atoms with Gasteiger partial charge >= 0.3 is 0 Å². The van der Waals surface area contributed by atoms with Crippen molar-refractivity contribution >= 4 is 27.3 Å². The predicted molar refractivity (Wildman–Crippen MR) is 112 cm³/mol. The number of amides is 1. The van der Waals surface area contributed by atoms with Gasteiger partial charge in [-0.2, -0.15) is 0 Å². The summed E-state index contributed by atoms with van der Waals surface area (Å²) in [5.74, 6) is 0.0389. The van der Waals surface area contributed by atoms with Crippen LogP contribution in [-0.2, 0) is 14.8 Å². The van der Waals surface area contributed by atoms with Gasteiger partial charge in [-0.3, -0.25) is 9.10 Å². The van der Waals surface area contributed by atoms with E-state index in [-0.39, 0.29) is 17.3 Å². The molecule has 1 aliphatic rings. The lowest BCUT2D eigenvalue weighted by Crippen LogP contribution is -2.51. The second-order valence-electron chi connectivity index (χ2n) is 6.66. The molecule has 0 saturated carbocycles. The number of hydrogen-bond donors (Lipinski definition) is 0. The van der Waals surface area contributed by atoms with Gasteiger partial charge in [0.25, 0.3) is 15.9 Å². The molecule has 7 heteroatoms. The molecule has 0 fully saturated rings. The van der Waals surface area contributed by atoms with E-state index in [9.17, 15) is 13.2 Å². The number of hydrogen-bond acceptors (Lipinski definition) is 4. The Hall–Kier alpha value is -3.32. The molecule has 4 rings (SSSR count). The van der Waals surface area contributed by atoms with Gasteiger partial charge in [-0.15, -0.1) is 0 Å². The Labute approximate surface area is 170 Å². The van der Waals surface area contributed by atoms with Crippen molar-refractivity contribution in [2.45, 2.75) is 11.0 Å². The monoisotopic (exact) mass is 408 g/mol. The maximum Gasteiger partial charge on any atom is 0.269 e. The Morgan fingerprint density at radius 3 is 2.21 bits per heavy atom. The lowest BCUT2D eigenvalue weighted by Gasteiger charge is -2.36. The van der Waals surface area contributed by atoms with E-state index in [1.54, 1.807) is 61.6 Å². The number of benzene rings is 3. The van der Waals surface area contributed by atoms with Crippen molar-refractivity contribution in [3.63, 3.8) is 0 Å². The van der Waals surface area contributed by atoms with Crippen molar-refractivity contribution in [3.05, 3.63) is 84.9 Å². The molecule has 0 saturated heterocycles. The van der Waals surface area contributed by atoms with Crippen molar-refractivity contribution in [2.24, 2.45) is 0 Å². The Kier molecular flexibility index (Phi) is 4.98. The quantitative estimate of drug-likeness (QED) is 0.664. The molecule has 0 spiro atoms. The van der Waals surface area contributed by atoms with Crippen molar-refractivity contribution in [2.75, 3.05) is 22.8 Å². The third-order valence-electron chi connectivity index (χ3n) is 4.82. The highest BCUT2D eigenvalue weighted by molar-refractivity contribution is 7.92. The van der Waals surface area contributed by atoms with E-state index in [2.05, 4.69) is 0 Å². The predicted octanol–water partition coefficient (Wildman–Crippen LogP) is 3.31. The summed E-state index contributed by atoms with van der Waals surface area (Å²) in [5.41, 5.74) is 1.13. The second kappa shape index (κ2) is 7.60. The lowest BCUT2D eigenvalue weighted by atomic mass is 10.2. The van der Waals surface area contributed by atoms with E-state index in [4.69, 9.17) is 4.74 Å². The number of para-hydroxylation sites is 3. The van der Waals surface area contributed by atoms with Crippen LogP contribution in [0.25, 0.3) is 0 Å². The molecule has 0 N–H and O–H groups in total. The molecule has 1 heterocycles. The average Bonchev–Trinajstić information content (AvgIpc) is 2.78. The summed E-state index contributed by atoms with van der Waals surface area (Å²) in [6.07, 6.45) is -0.964. The summed E-state index contributed by atoms with van der Waals surface area (Å²) in [5, 5.41) is 0. The molecule has 1 amide bonds. The third kappa shape index (κ3) is 3.56. The van der Waals surface area contributed by atoms with Crippen LogP contribution in [0.2, 0.25) is 0 Å². The summed E-state index contributed by atoms with van der Waals surface area (Å²) in [4.78, 5) is 14.7. The number of carbonyl (C=O) groups excluding carboxylic acids is 1. The SMILES string of the molecule is CN(C(=O)[C@H]1CN(S(=O)(=O)c2ccccc2)c2ccccc2O1)c1ccccc1. The lowest BCUT2D eigenvalue weighted by molar-refractivity contribution is -0.124. The number of ether oxygens (including phenoxy) is 1. The van der Waals surface area contributed by atoms with Gasteiger partial charge < -0.3 is 9.64 Å². The van der Waals surface area contributed by atoms with Gasteiger partial charge in [0.2, 0.25) is 0 Å². The maximum atomic E-state index is 13.3. The average molecular weight is 408 g/mol. The first-order valence-electron chi connectivity index (χ1n) is 9.14. The first-order valence-corrected chi connectivity index (χ1v) is 10.6. The molecule has 0 aromatic heterocycles. The van der Waals surface area contributed by atoms with E-state index in [0.29, 0.717) is 17.1 Å². The van der Waals surface area contributed by atoms with Crippen LogP contribution in [-0.4, -0.2) is 34.0 Å². The minimum atomic E-state index is -3.85. The first-order chi connectivity index (χ1) is 14.0. The normalized spacial score (nSPS) is 15.9. The van der Waals surface area contributed by atoms with E-state index in [1.165, 1.54) is 9.21 Å². The van der Waals surface area contributed by atoms with Crippen molar-refractivity contribution < 1.29 is 17.9 Å². The number of likely N-dealkylation sites (N-methyl/N-ethyl adjacent to an activating group) is 1. The fourth-order valence-electron chi connectivity index (χ4n) is 3.27. The van der Waals surface area contributed by atoms with Crippen LogP contribution in [0.15, 0.2) is 89.8 Å². The molecule has 0 bridgehead atoms. The van der Waals surface area contributed by atoms with Crippen LogP contribution in [0.1, 0.15) is 0 Å². The van der Waals surface area contributed by atoms with Gasteiger partial charge in [0.15, 0.2) is 6.10 Å². The van der Waals surface area contributed by atoms with Crippen molar-refractivity contribution in [3.8, 4) is 5.75 Å². The van der Waals surface area contributed by atoms with Crippen LogP contribution < -0.4 is 13.9 Å². The summed E-state index contributed by atoms with van der Waals surface area (Å²) in [7, 11) is -2.20. The fourth-order valence-corrected chi connectivity index (χ4v) is 4.77. The zero-order valence-corrected chi connectivity index (χ0v) is 16.6. The van der Waals surface area contributed by atoms with E-state index < -0.39 is 16.1 Å². The topological polar surface area (TPSA) is 66.9 Å². The highest BCUT2D eigenvalue weighted by Crippen LogP contribution is 2.37. The van der Waals surface area contributed by atoms with Crippen LogP contribution in [0, 0.1) is 0 Å². The number of rotatable bonds is 4. The van der Waals surface area contributed by atoms with Crippen molar-refractivity contribution in [1.82, 2.24) is 0 Å². The number of sulfonamides is 1. The van der Waals surface area contributed by atoms with Crippen LogP contribution in [0.4, 0.5) is 11.4 Å². The van der Waals surface area contributed by atoms with Gasteiger partial charge in [0.05, 0.1) is 17.1 Å². The zero-order chi connectivity index (χ0) is 20.4. The maximum absolute atomic E-state index is 13.3. The van der Waals surface area contributed by atoms with Gasteiger partial charge in [-0.05, 0) is 36.4 Å². The molecule has 3 aromatic rings. The van der Waals surface area contributed by atoms with Gasteiger partial charge in [-0.1, -0.05) is 48.5 Å². The Morgan fingerprint density at radius 2 is 1.52 bits per heavy atom. The number of anilines is 2. The van der Waals surface area contributed by atoms with Gasteiger partial charge in [0.1, 0.15) is 5.75 Å². The molecule has 29 heavy (non-hydrogen) atoms. The third-order valence-corrected chi connectivity index (χ3v) is 6.61. The minimum Gasteiger partial charge on any atom is -0.476 e. The summed E-state index contributed by atoms with van der Waals surface area (Å²) in [6.45, 7) is -0.107. The molecule has 0 aliphatic carbocycles. The molecular weight excluding hydrogens is 388 g/mol. The number of nitrogens with zero attached hydrogens (tertiary/aromatic N) is 2. The number of fused-ring (bicyclic) bond motifs is 1.